The smallest absolute Gasteiger partial charge is 0.307 e. The van der Waals surface area contributed by atoms with Crippen LogP contribution in [0.2, 0.25) is 0 Å². The van der Waals surface area contributed by atoms with E-state index in [-0.39, 0.29) is 25.4 Å². The van der Waals surface area contributed by atoms with Gasteiger partial charge < -0.3 is 14.2 Å². The number of hydrogen-bond acceptors (Lipinski definition) is 3. The van der Waals surface area contributed by atoms with Crippen molar-refractivity contribution in [3.05, 3.63) is 12.2 Å². The van der Waals surface area contributed by atoms with E-state index in [1.165, 1.54) is 0 Å². The number of rotatable bonds is 7. The SMILES string of the molecule is [2H]C([2H])([2H])C(=C)C(OCC)(OCC)OCC. The molecule has 0 aliphatic heterocycles. The summed E-state index contributed by atoms with van der Waals surface area (Å²) in [6.45, 7) is 7.17. The first-order valence-electron chi connectivity index (χ1n) is 5.95. The zero-order valence-electron chi connectivity index (χ0n) is 11.6. The average Bonchev–Trinajstić information content (AvgIpc) is 2.16. The largest absolute Gasteiger partial charge is 0.324 e. The van der Waals surface area contributed by atoms with Crippen LogP contribution >= 0.6 is 0 Å². The van der Waals surface area contributed by atoms with Gasteiger partial charge >= 0.3 is 5.97 Å². The second-order valence-electron chi connectivity index (χ2n) is 2.33. The van der Waals surface area contributed by atoms with Crippen LogP contribution in [0.4, 0.5) is 0 Å². The molecule has 0 heterocycles. The van der Waals surface area contributed by atoms with Crippen LogP contribution in [0.3, 0.4) is 0 Å². The third-order valence-electron chi connectivity index (χ3n) is 1.37. The number of hydrogen-bond donors (Lipinski definition) is 0. The Labute approximate surface area is 84.9 Å². The van der Waals surface area contributed by atoms with Gasteiger partial charge in [-0.1, -0.05) is 6.58 Å². The van der Waals surface area contributed by atoms with E-state index in [0.29, 0.717) is 0 Å². The molecule has 0 N–H and O–H groups in total. The molecule has 0 aromatic heterocycles. The lowest BCUT2D eigenvalue weighted by Crippen LogP contribution is -2.40. The summed E-state index contributed by atoms with van der Waals surface area (Å²) >= 11 is 0. The van der Waals surface area contributed by atoms with Crippen LogP contribution in [0.15, 0.2) is 12.2 Å². The van der Waals surface area contributed by atoms with Gasteiger partial charge in [0.15, 0.2) is 0 Å². The summed E-state index contributed by atoms with van der Waals surface area (Å²) in [6, 6.07) is 0. The first-order valence-corrected chi connectivity index (χ1v) is 4.45. The lowest BCUT2D eigenvalue weighted by molar-refractivity contribution is -0.352. The molecule has 0 atom stereocenters. The molecule has 13 heavy (non-hydrogen) atoms. The van der Waals surface area contributed by atoms with Gasteiger partial charge in [0.25, 0.3) is 0 Å². The van der Waals surface area contributed by atoms with Crippen LogP contribution in [-0.2, 0) is 14.2 Å². The molecule has 0 aromatic carbocycles. The second kappa shape index (κ2) is 6.13. The van der Waals surface area contributed by atoms with Crippen molar-refractivity contribution in [2.45, 2.75) is 33.6 Å². The predicted octanol–water partition coefficient (Wildman–Crippen LogP) is 2.33. The third-order valence-corrected chi connectivity index (χ3v) is 1.37. The lowest BCUT2D eigenvalue weighted by atomic mass is 10.3. The molecule has 0 aliphatic rings. The first-order chi connectivity index (χ1) is 7.34. The monoisotopic (exact) mass is 191 g/mol. The summed E-state index contributed by atoms with van der Waals surface area (Å²) < 4.78 is 37.9. The van der Waals surface area contributed by atoms with E-state index >= 15 is 0 Å². The zero-order valence-corrected chi connectivity index (χ0v) is 8.55. The molecule has 0 amide bonds. The van der Waals surface area contributed by atoms with Crippen LogP contribution in [0.25, 0.3) is 0 Å². The highest BCUT2D eigenvalue weighted by Gasteiger charge is 2.33. The summed E-state index contributed by atoms with van der Waals surface area (Å²) in [5.74, 6) is -1.66. The Morgan fingerprint density at radius 2 is 1.54 bits per heavy atom. The van der Waals surface area contributed by atoms with Crippen molar-refractivity contribution in [1.82, 2.24) is 0 Å². The van der Waals surface area contributed by atoms with Crippen molar-refractivity contribution in [3.63, 3.8) is 0 Å². The maximum absolute atomic E-state index is 7.32. The predicted molar refractivity (Wildman–Crippen MR) is 52.4 cm³/mol. The molecule has 0 unspecified atom stereocenters. The molecule has 0 aromatic rings. The second-order valence-corrected chi connectivity index (χ2v) is 2.33. The molecule has 0 fully saturated rings. The summed E-state index contributed by atoms with van der Waals surface area (Å²) in [5, 5.41) is 0. The summed E-state index contributed by atoms with van der Waals surface area (Å²) in [6.07, 6.45) is 0. The Balaban J connectivity index is 5.06. The fraction of sp³-hybridized carbons (Fsp3) is 0.800. The van der Waals surface area contributed by atoms with Gasteiger partial charge in [0.05, 0.1) is 0 Å². The topological polar surface area (TPSA) is 27.7 Å². The molecule has 0 rings (SSSR count). The van der Waals surface area contributed by atoms with Crippen molar-refractivity contribution in [1.29, 1.82) is 0 Å². The minimum absolute atomic E-state index is 0.189. The zero-order chi connectivity index (χ0) is 12.8. The molecule has 0 radical (unpaired) electrons. The quantitative estimate of drug-likeness (QED) is 0.456. The van der Waals surface area contributed by atoms with Crippen LogP contribution < -0.4 is 0 Å². The van der Waals surface area contributed by atoms with Crippen LogP contribution in [0, 0.1) is 0 Å². The van der Waals surface area contributed by atoms with Gasteiger partial charge in [0, 0.05) is 29.5 Å². The Hall–Kier alpha value is -0.380. The summed E-state index contributed by atoms with van der Waals surface area (Å²) in [4.78, 5) is 0. The highest BCUT2D eigenvalue weighted by molar-refractivity contribution is 4.99. The minimum atomic E-state index is -2.38. The van der Waals surface area contributed by atoms with E-state index in [9.17, 15) is 0 Å². The van der Waals surface area contributed by atoms with Crippen molar-refractivity contribution >= 4 is 0 Å². The fourth-order valence-electron chi connectivity index (χ4n) is 0.956. The fourth-order valence-corrected chi connectivity index (χ4v) is 0.956. The normalized spacial score (nSPS) is 16.1. The van der Waals surface area contributed by atoms with Gasteiger partial charge in [0.2, 0.25) is 0 Å². The van der Waals surface area contributed by atoms with Crippen molar-refractivity contribution in [2.24, 2.45) is 0 Å². The average molecular weight is 191 g/mol. The highest BCUT2D eigenvalue weighted by Crippen LogP contribution is 2.23. The third kappa shape index (κ3) is 3.46. The molecule has 0 saturated carbocycles. The van der Waals surface area contributed by atoms with Crippen molar-refractivity contribution < 1.29 is 18.3 Å². The van der Waals surface area contributed by atoms with Crippen molar-refractivity contribution in [3.8, 4) is 0 Å². The summed E-state index contributed by atoms with van der Waals surface area (Å²) in [7, 11) is 0. The molecule has 3 nitrogen and oxygen atoms in total. The molecular weight excluding hydrogens is 168 g/mol. The Kier molecular flexibility index (Phi) is 3.76. The van der Waals surface area contributed by atoms with Gasteiger partial charge in [0.1, 0.15) is 0 Å². The van der Waals surface area contributed by atoms with E-state index < -0.39 is 12.8 Å². The molecule has 0 bridgehead atoms. The van der Waals surface area contributed by atoms with Gasteiger partial charge in [-0.15, -0.1) is 0 Å². The van der Waals surface area contributed by atoms with E-state index in [4.69, 9.17) is 18.3 Å². The lowest BCUT2D eigenvalue weighted by Gasteiger charge is -2.32. The van der Waals surface area contributed by atoms with Crippen LogP contribution in [0.1, 0.15) is 31.7 Å². The van der Waals surface area contributed by atoms with Gasteiger partial charge in [-0.25, -0.2) is 0 Å². The summed E-state index contributed by atoms with van der Waals surface area (Å²) in [5.41, 5.74) is -0.189. The van der Waals surface area contributed by atoms with Crippen LogP contribution in [0.5, 0.6) is 0 Å². The van der Waals surface area contributed by atoms with Gasteiger partial charge in [-0.05, 0) is 27.6 Å². The Bertz CT molecular complexity index is 209. The van der Waals surface area contributed by atoms with Crippen LogP contribution in [-0.4, -0.2) is 25.8 Å². The molecular formula is C10H20O3. The number of ether oxygens (including phenoxy) is 3. The van der Waals surface area contributed by atoms with E-state index in [2.05, 4.69) is 6.58 Å². The van der Waals surface area contributed by atoms with Gasteiger partial charge in [-0.2, -0.15) is 0 Å². The van der Waals surface area contributed by atoms with Crippen molar-refractivity contribution in [2.75, 3.05) is 19.8 Å². The first kappa shape index (κ1) is 7.97. The van der Waals surface area contributed by atoms with E-state index in [0.717, 1.165) is 0 Å². The minimum Gasteiger partial charge on any atom is -0.324 e. The van der Waals surface area contributed by atoms with E-state index in [1.54, 1.807) is 20.8 Å². The maximum Gasteiger partial charge on any atom is 0.307 e. The van der Waals surface area contributed by atoms with E-state index in [1.807, 2.05) is 0 Å². The standard InChI is InChI=1S/C10H20O3/c1-6-11-10(9(4)5,12-7-2)13-8-3/h4,6-8H2,1-3,5H3/i5D3. The Morgan fingerprint density at radius 1 is 1.15 bits per heavy atom. The molecule has 78 valence electrons. The van der Waals surface area contributed by atoms with Gasteiger partial charge in [-0.3, -0.25) is 0 Å². The molecule has 0 spiro atoms. The molecule has 0 saturated heterocycles. The molecule has 0 aliphatic carbocycles. The Morgan fingerprint density at radius 3 is 1.77 bits per heavy atom. The molecule has 3 heteroatoms. The maximum atomic E-state index is 7.32. The highest BCUT2D eigenvalue weighted by atomic mass is 16.9.